The van der Waals surface area contributed by atoms with Gasteiger partial charge in [-0.25, -0.2) is 0 Å². The van der Waals surface area contributed by atoms with E-state index in [2.05, 4.69) is 266 Å². The Balaban J connectivity index is 0.919. The highest BCUT2D eigenvalue weighted by Gasteiger charge is 2.21. The molecule has 1 heterocycles. The van der Waals surface area contributed by atoms with Crippen LogP contribution in [0.2, 0.25) is 0 Å². The van der Waals surface area contributed by atoms with Gasteiger partial charge in [-0.3, -0.25) is 0 Å². The third-order valence-corrected chi connectivity index (χ3v) is 14.4. The molecule has 0 saturated heterocycles. The van der Waals surface area contributed by atoms with Crippen molar-refractivity contribution in [3.05, 3.63) is 261 Å². The van der Waals surface area contributed by atoms with Crippen molar-refractivity contribution in [2.24, 2.45) is 0 Å². The molecule has 326 valence electrons. The Morgan fingerprint density at radius 1 is 0.271 bits per heavy atom. The van der Waals surface area contributed by atoms with E-state index in [0.29, 0.717) is 0 Å². The van der Waals surface area contributed by atoms with Gasteiger partial charge < -0.3 is 9.32 Å². The Morgan fingerprint density at radius 3 is 1.49 bits per heavy atom. The van der Waals surface area contributed by atoms with Gasteiger partial charge in [0.1, 0.15) is 11.2 Å². The van der Waals surface area contributed by atoms with Crippen molar-refractivity contribution in [1.29, 1.82) is 0 Å². The average molecular weight is 890 g/mol. The predicted molar refractivity (Wildman–Crippen MR) is 298 cm³/mol. The Labute approximate surface area is 405 Å². The zero-order valence-electron chi connectivity index (χ0n) is 38.2. The summed E-state index contributed by atoms with van der Waals surface area (Å²) in [7, 11) is 0. The van der Waals surface area contributed by atoms with Gasteiger partial charge >= 0.3 is 0 Å². The summed E-state index contributed by atoms with van der Waals surface area (Å²) >= 11 is 0. The largest absolute Gasteiger partial charge is 0.455 e. The first-order chi connectivity index (χ1) is 34.7. The van der Waals surface area contributed by atoms with Crippen LogP contribution in [0.15, 0.2) is 265 Å². The topological polar surface area (TPSA) is 16.4 Å². The fourth-order valence-electron chi connectivity index (χ4n) is 11.2. The maximum atomic E-state index is 6.60. The fourth-order valence-corrected chi connectivity index (χ4v) is 11.2. The molecule has 14 rings (SSSR count). The number of hydrogen-bond acceptors (Lipinski definition) is 2. The monoisotopic (exact) mass is 889 g/mol. The van der Waals surface area contributed by atoms with Crippen LogP contribution in [0.5, 0.6) is 0 Å². The van der Waals surface area contributed by atoms with Crippen LogP contribution < -0.4 is 4.90 Å². The van der Waals surface area contributed by atoms with Gasteiger partial charge in [0.25, 0.3) is 0 Å². The third-order valence-electron chi connectivity index (χ3n) is 14.4. The van der Waals surface area contributed by atoms with Gasteiger partial charge in [0.2, 0.25) is 0 Å². The minimum Gasteiger partial charge on any atom is -0.455 e. The summed E-state index contributed by atoms with van der Waals surface area (Å²) in [6.45, 7) is 0. The third kappa shape index (κ3) is 6.42. The predicted octanol–water partition coefficient (Wildman–Crippen LogP) is 19.5. The number of benzene rings is 13. The van der Waals surface area contributed by atoms with E-state index in [0.717, 1.165) is 61.1 Å². The minimum atomic E-state index is 0.894. The van der Waals surface area contributed by atoms with Crippen LogP contribution in [0.1, 0.15) is 0 Å². The van der Waals surface area contributed by atoms with Crippen molar-refractivity contribution in [1.82, 2.24) is 0 Å². The normalized spacial score (nSPS) is 11.7. The zero-order chi connectivity index (χ0) is 46.1. The highest BCUT2D eigenvalue weighted by atomic mass is 16.3. The summed E-state index contributed by atoms with van der Waals surface area (Å²) in [6.07, 6.45) is 0. The van der Waals surface area contributed by atoms with Gasteiger partial charge in [0, 0.05) is 32.9 Å². The Hall–Kier alpha value is -9.24. The SMILES string of the molecule is c1ccc(-c2c(-c3ccccc3)c3cc(-c4ccc(N(c5ccc(-c6cccc7oc8c9ccccc9ccc8c67)cc5)c5cccc6c5ccc5ccccc56)cc4)ccc3c3ccccc23)cc1. The van der Waals surface area contributed by atoms with Gasteiger partial charge in [0.05, 0.1) is 5.69 Å². The standard InChI is InChI=1S/C68H43NO/c1-3-17-48(18-4-1)65-60-24-12-11-23-57(60)58-40-35-50(43-62(58)66(65)49-19-5-2-6-20-49)44-29-36-51(37-30-44)69(63-27-13-26-56-53-21-9-7-15-45(53)33-41-59(56)63)52-38-31-47(32-39-52)54-25-14-28-64-67(54)61-42-34-46-16-8-10-22-55(46)68(61)70-64/h1-43H. The molecule has 0 amide bonds. The van der Waals surface area contributed by atoms with Crippen molar-refractivity contribution in [2.45, 2.75) is 0 Å². The second kappa shape index (κ2) is 16.2. The summed E-state index contributed by atoms with van der Waals surface area (Å²) in [4.78, 5) is 2.41. The van der Waals surface area contributed by atoms with Gasteiger partial charge in [0.15, 0.2) is 0 Å². The first-order valence-corrected chi connectivity index (χ1v) is 24.1. The van der Waals surface area contributed by atoms with Crippen LogP contribution in [0, 0.1) is 0 Å². The average Bonchev–Trinajstić information content (AvgIpc) is 3.83. The lowest BCUT2D eigenvalue weighted by molar-refractivity contribution is 0.673. The summed E-state index contributed by atoms with van der Waals surface area (Å²) in [5.74, 6) is 0. The van der Waals surface area contributed by atoms with Gasteiger partial charge in [-0.15, -0.1) is 0 Å². The van der Waals surface area contributed by atoms with Crippen LogP contribution in [0.3, 0.4) is 0 Å². The van der Waals surface area contributed by atoms with E-state index in [1.54, 1.807) is 0 Å². The lowest BCUT2D eigenvalue weighted by Gasteiger charge is -2.27. The maximum absolute atomic E-state index is 6.60. The van der Waals surface area contributed by atoms with Crippen LogP contribution >= 0.6 is 0 Å². The van der Waals surface area contributed by atoms with E-state index in [1.165, 1.54) is 76.3 Å². The second-order valence-corrected chi connectivity index (χ2v) is 18.3. The van der Waals surface area contributed by atoms with Gasteiger partial charge in [-0.2, -0.15) is 0 Å². The molecular formula is C68H43NO. The minimum absolute atomic E-state index is 0.894. The van der Waals surface area contributed by atoms with Crippen LogP contribution in [-0.2, 0) is 0 Å². The van der Waals surface area contributed by atoms with Crippen LogP contribution in [0.4, 0.5) is 17.1 Å². The number of hydrogen-bond donors (Lipinski definition) is 0. The number of furan rings is 1. The summed E-state index contributed by atoms with van der Waals surface area (Å²) in [5.41, 5.74) is 14.7. The first kappa shape index (κ1) is 39.9. The summed E-state index contributed by atoms with van der Waals surface area (Å²) < 4.78 is 6.60. The highest BCUT2D eigenvalue weighted by molar-refractivity contribution is 6.23. The van der Waals surface area contributed by atoms with E-state index < -0.39 is 0 Å². The highest BCUT2D eigenvalue weighted by Crippen LogP contribution is 2.47. The van der Waals surface area contributed by atoms with Crippen LogP contribution in [0.25, 0.3) is 120 Å². The van der Waals surface area contributed by atoms with Crippen molar-refractivity contribution in [3.8, 4) is 44.5 Å². The number of nitrogens with zero attached hydrogens (tertiary/aromatic N) is 1. The number of rotatable bonds is 7. The molecule has 0 aliphatic carbocycles. The second-order valence-electron chi connectivity index (χ2n) is 18.3. The molecule has 0 atom stereocenters. The van der Waals surface area contributed by atoms with Gasteiger partial charge in [-0.05, 0) is 136 Å². The lowest BCUT2D eigenvalue weighted by atomic mass is 9.84. The van der Waals surface area contributed by atoms with Crippen molar-refractivity contribution in [2.75, 3.05) is 4.90 Å². The molecule has 0 radical (unpaired) electrons. The first-order valence-electron chi connectivity index (χ1n) is 24.1. The molecule has 2 heteroatoms. The maximum Gasteiger partial charge on any atom is 0.143 e. The molecule has 0 unspecified atom stereocenters. The fraction of sp³-hybridized carbons (Fsp3) is 0. The summed E-state index contributed by atoms with van der Waals surface area (Å²) in [6, 6.07) is 95.0. The number of anilines is 3. The Kier molecular flexibility index (Phi) is 9.25. The lowest BCUT2D eigenvalue weighted by Crippen LogP contribution is -2.10. The van der Waals surface area contributed by atoms with E-state index in [4.69, 9.17) is 4.42 Å². The Bertz CT molecular complexity index is 4320. The summed E-state index contributed by atoms with van der Waals surface area (Å²) in [5, 5.41) is 14.5. The molecular weight excluding hydrogens is 847 g/mol. The van der Waals surface area contributed by atoms with Crippen LogP contribution in [-0.4, -0.2) is 0 Å². The number of fused-ring (bicyclic) bond motifs is 11. The molecule has 0 saturated carbocycles. The quantitative estimate of drug-likeness (QED) is 0.148. The van der Waals surface area contributed by atoms with Crippen molar-refractivity contribution in [3.63, 3.8) is 0 Å². The molecule has 2 nitrogen and oxygen atoms in total. The van der Waals surface area contributed by atoms with Gasteiger partial charge in [-0.1, -0.05) is 212 Å². The molecule has 0 fully saturated rings. The molecule has 0 N–H and O–H groups in total. The Morgan fingerprint density at radius 2 is 0.771 bits per heavy atom. The van der Waals surface area contributed by atoms with Crippen molar-refractivity contribution >= 4 is 92.9 Å². The molecule has 0 aliphatic heterocycles. The molecule has 0 aliphatic rings. The zero-order valence-corrected chi connectivity index (χ0v) is 38.2. The molecule has 70 heavy (non-hydrogen) atoms. The van der Waals surface area contributed by atoms with E-state index in [1.807, 2.05) is 0 Å². The molecule has 0 bridgehead atoms. The van der Waals surface area contributed by atoms with Crippen molar-refractivity contribution < 1.29 is 4.42 Å². The smallest absolute Gasteiger partial charge is 0.143 e. The van der Waals surface area contributed by atoms with E-state index in [-0.39, 0.29) is 0 Å². The molecule has 14 aromatic rings. The molecule has 0 spiro atoms. The van der Waals surface area contributed by atoms with E-state index in [9.17, 15) is 0 Å². The van der Waals surface area contributed by atoms with E-state index >= 15 is 0 Å². The molecule has 1 aromatic heterocycles. The molecule has 13 aromatic carbocycles.